The molecule has 0 bridgehead atoms. The van der Waals surface area contributed by atoms with Crippen LogP contribution in [0.25, 0.3) is 10.9 Å². The third-order valence-electron chi connectivity index (χ3n) is 4.79. The minimum absolute atomic E-state index is 0.0493. The number of para-hydroxylation sites is 1. The summed E-state index contributed by atoms with van der Waals surface area (Å²) in [6.07, 6.45) is 0.607. The van der Waals surface area contributed by atoms with E-state index in [9.17, 15) is 14.0 Å². The highest BCUT2D eigenvalue weighted by Gasteiger charge is 2.32. The number of benzene rings is 2. The molecule has 1 fully saturated rings. The van der Waals surface area contributed by atoms with Crippen LogP contribution < -0.4 is 0 Å². The molecule has 4 rings (SSSR count). The number of Topliss-reactive ketones (excluding diaryl/α,β-unsaturated/α-hetero) is 1. The van der Waals surface area contributed by atoms with Gasteiger partial charge in [0.15, 0.2) is 5.78 Å². The average molecular weight is 348 g/mol. The van der Waals surface area contributed by atoms with Gasteiger partial charge in [-0.3, -0.25) is 9.59 Å². The second kappa shape index (κ2) is 6.67. The Labute approximate surface area is 150 Å². The topological polar surface area (TPSA) is 50.3 Å². The maximum atomic E-state index is 13.0. The molecule has 0 aliphatic carbocycles. The number of likely N-dealkylation sites (tertiary alicyclic amines) is 1. The second-order valence-electron chi connectivity index (χ2n) is 6.50. The van der Waals surface area contributed by atoms with Gasteiger partial charge in [0, 0.05) is 30.0 Å². The number of nitrogens with zero attached hydrogens (tertiary/aromatic N) is 2. The van der Waals surface area contributed by atoms with Crippen molar-refractivity contribution < 1.29 is 14.0 Å². The lowest BCUT2D eigenvalue weighted by Crippen LogP contribution is -2.30. The Hall–Kier alpha value is -3.08. The largest absolute Gasteiger partial charge is 0.337 e. The molecule has 1 aromatic heterocycles. The van der Waals surface area contributed by atoms with Crippen molar-refractivity contribution in [3.05, 3.63) is 77.7 Å². The van der Waals surface area contributed by atoms with Crippen LogP contribution in [0.3, 0.4) is 0 Å². The zero-order valence-corrected chi connectivity index (χ0v) is 14.1. The normalized spacial score (nSPS) is 16.8. The number of amides is 1. The van der Waals surface area contributed by atoms with Crippen LogP contribution in [0.1, 0.15) is 27.3 Å². The van der Waals surface area contributed by atoms with Crippen LogP contribution in [0.15, 0.2) is 60.7 Å². The van der Waals surface area contributed by atoms with Gasteiger partial charge >= 0.3 is 0 Å². The molecule has 2 heterocycles. The van der Waals surface area contributed by atoms with Crippen LogP contribution in [0.5, 0.6) is 0 Å². The number of rotatable bonds is 3. The molecule has 5 heteroatoms. The number of halogens is 1. The summed E-state index contributed by atoms with van der Waals surface area (Å²) >= 11 is 0. The van der Waals surface area contributed by atoms with E-state index in [-0.39, 0.29) is 23.4 Å². The summed E-state index contributed by atoms with van der Waals surface area (Å²) in [5, 5.41) is 0.981. The van der Waals surface area contributed by atoms with E-state index in [1.165, 1.54) is 24.3 Å². The number of hydrogen-bond acceptors (Lipinski definition) is 3. The van der Waals surface area contributed by atoms with E-state index < -0.39 is 0 Å². The minimum Gasteiger partial charge on any atom is -0.337 e. The highest BCUT2D eigenvalue weighted by molar-refractivity contribution is 6.00. The predicted molar refractivity (Wildman–Crippen MR) is 96.5 cm³/mol. The number of hydrogen-bond donors (Lipinski definition) is 0. The Balaban J connectivity index is 1.49. The molecule has 0 radical (unpaired) electrons. The van der Waals surface area contributed by atoms with Crippen LogP contribution in [-0.4, -0.2) is 34.7 Å². The number of pyridine rings is 1. The van der Waals surface area contributed by atoms with Crippen molar-refractivity contribution >= 4 is 22.6 Å². The summed E-state index contributed by atoms with van der Waals surface area (Å²) in [6, 6.07) is 16.8. The Morgan fingerprint density at radius 2 is 1.77 bits per heavy atom. The van der Waals surface area contributed by atoms with Crippen molar-refractivity contribution in [3.8, 4) is 0 Å². The molecule has 4 nitrogen and oxygen atoms in total. The first-order chi connectivity index (χ1) is 12.6. The van der Waals surface area contributed by atoms with Gasteiger partial charge in [-0.2, -0.15) is 0 Å². The number of ketones is 1. The van der Waals surface area contributed by atoms with Crippen LogP contribution in [-0.2, 0) is 0 Å². The monoisotopic (exact) mass is 348 g/mol. The zero-order chi connectivity index (χ0) is 18.1. The van der Waals surface area contributed by atoms with Crippen molar-refractivity contribution in [3.63, 3.8) is 0 Å². The summed E-state index contributed by atoms with van der Waals surface area (Å²) < 4.78 is 13.0. The standard InChI is InChI=1S/C21H17FN2O2/c22-17-8-5-15(6-9-17)20(25)16-11-12-24(13-16)21(26)19-10-7-14-3-1-2-4-18(14)23-19/h1-10,16H,11-13H2/t16-/m0/s1. The van der Waals surface area contributed by atoms with Gasteiger partial charge in [-0.1, -0.05) is 24.3 Å². The van der Waals surface area contributed by atoms with Crippen molar-refractivity contribution in [1.29, 1.82) is 0 Å². The van der Waals surface area contributed by atoms with E-state index in [1.54, 1.807) is 11.0 Å². The van der Waals surface area contributed by atoms with Gasteiger partial charge < -0.3 is 4.90 Å². The van der Waals surface area contributed by atoms with Crippen molar-refractivity contribution in [2.75, 3.05) is 13.1 Å². The molecule has 1 amide bonds. The minimum atomic E-state index is -0.368. The number of fused-ring (bicyclic) bond motifs is 1. The summed E-state index contributed by atoms with van der Waals surface area (Å²) in [5.74, 6) is -0.839. The number of carbonyl (C=O) groups excluding carboxylic acids is 2. The fraction of sp³-hybridized carbons (Fsp3) is 0.190. The Bertz CT molecular complexity index is 985. The lowest BCUT2D eigenvalue weighted by atomic mass is 9.97. The molecule has 0 unspecified atom stereocenters. The quantitative estimate of drug-likeness (QED) is 0.678. The van der Waals surface area contributed by atoms with Gasteiger partial charge in [0.05, 0.1) is 5.52 Å². The maximum Gasteiger partial charge on any atom is 0.272 e. The number of carbonyl (C=O) groups is 2. The molecule has 2 aromatic carbocycles. The third kappa shape index (κ3) is 3.08. The molecule has 1 atom stereocenters. The summed E-state index contributed by atoms with van der Waals surface area (Å²) in [6.45, 7) is 0.883. The molecule has 130 valence electrons. The highest BCUT2D eigenvalue weighted by atomic mass is 19.1. The first-order valence-corrected chi connectivity index (χ1v) is 8.57. The lowest BCUT2D eigenvalue weighted by Gasteiger charge is -2.16. The Morgan fingerprint density at radius 1 is 1.00 bits per heavy atom. The molecule has 0 saturated carbocycles. The molecule has 3 aromatic rings. The summed E-state index contributed by atoms with van der Waals surface area (Å²) in [4.78, 5) is 31.4. The number of aromatic nitrogens is 1. The van der Waals surface area contributed by atoms with Gasteiger partial charge in [0.25, 0.3) is 5.91 Å². The Kier molecular flexibility index (Phi) is 4.21. The molecule has 0 spiro atoms. The van der Waals surface area contributed by atoms with Gasteiger partial charge in [0.1, 0.15) is 11.5 Å². The fourth-order valence-corrected chi connectivity index (χ4v) is 3.36. The molecule has 0 N–H and O–H groups in total. The van der Waals surface area contributed by atoms with Gasteiger partial charge in [-0.05, 0) is 42.8 Å². The third-order valence-corrected chi connectivity index (χ3v) is 4.79. The first kappa shape index (κ1) is 16.4. The van der Waals surface area contributed by atoms with Gasteiger partial charge in [-0.15, -0.1) is 0 Å². The van der Waals surface area contributed by atoms with E-state index in [0.29, 0.717) is 30.8 Å². The van der Waals surface area contributed by atoms with E-state index in [2.05, 4.69) is 4.98 Å². The van der Waals surface area contributed by atoms with Crippen LogP contribution in [0.4, 0.5) is 4.39 Å². The summed E-state index contributed by atoms with van der Waals surface area (Å²) in [7, 11) is 0. The smallest absolute Gasteiger partial charge is 0.272 e. The van der Waals surface area contributed by atoms with Gasteiger partial charge in [-0.25, -0.2) is 9.37 Å². The van der Waals surface area contributed by atoms with E-state index >= 15 is 0 Å². The van der Waals surface area contributed by atoms with Crippen LogP contribution >= 0.6 is 0 Å². The molecular formula is C21H17FN2O2. The Morgan fingerprint density at radius 3 is 2.58 bits per heavy atom. The van der Waals surface area contributed by atoms with E-state index in [0.717, 1.165) is 10.9 Å². The van der Waals surface area contributed by atoms with Gasteiger partial charge in [0.2, 0.25) is 0 Å². The molecule has 1 aliphatic heterocycles. The van der Waals surface area contributed by atoms with Crippen molar-refractivity contribution in [2.45, 2.75) is 6.42 Å². The molecule has 1 aliphatic rings. The van der Waals surface area contributed by atoms with E-state index in [1.807, 2.05) is 30.3 Å². The zero-order valence-electron chi connectivity index (χ0n) is 14.1. The maximum absolute atomic E-state index is 13.0. The van der Waals surface area contributed by atoms with Crippen molar-refractivity contribution in [1.82, 2.24) is 9.88 Å². The predicted octanol–water partition coefficient (Wildman–Crippen LogP) is 3.72. The van der Waals surface area contributed by atoms with Crippen molar-refractivity contribution in [2.24, 2.45) is 5.92 Å². The van der Waals surface area contributed by atoms with E-state index in [4.69, 9.17) is 0 Å². The average Bonchev–Trinajstić information content (AvgIpc) is 3.17. The first-order valence-electron chi connectivity index (χ1n) is 8.57. The fourth-order valence-electron chi connectivity index (χ4n) is 3.36. The van der Waals surface area contributed by atoms with Crippen LogP contribution in [0, 0.1) is 11.7 Å². The van der Waals surface area contributed by atoms with Crippen LogP contribution in [0.2, 0.25) is 0 Å². The molecule has 1 saturated heterocycles. The summed E-state index contributed by atoms with van der Waals surface area (Å²) in [5.41, 5.74) is 1.64. The highest BCUT2D eigenvalue weighted by Crippen LogP contribution is 2.23. The SMILES string of the molecule is O=C(c1ccc(F)cc1)[C@H]1CCN(C(=O)c2ccc3ccccc3n2)C1. The second-order valence-corrected chi connectivity index (χ2v) is 6.50. The lowest BCUT2D eigenvalue weighted by molar-refractivity contribution is 0.0775. The molecular weight excluding hydrogens is 331 g/mol. The molecule has 26 heavy (non-hydrogen) atoms.